The molecular weight excluding hydrogens is 675 g/mol. The predicted molar refractivity (Wildman–Crippen MR) is 208 cm³/mol. The van der Waals surface area contributed by atoms with E-state index in [9.17, 15) is 14.4 Å². The molecule has 7 rings (SSSR count). The van der Waals surface area contributed by atoms with Gasteiger partial charge in [0.15, 0.2) is 0 Å². The Morgan fingerprint density at radius 1 is 0.574 bits per heavy atom. The summed E-state index contributed by atoms with van der Waals surface area (Å²) in [5.74, 6) is -0.991. The van der Waals surface area contributed by atoms with Crippen molar-refractivity contribution in [2.75, 3.05) is 19.7 Å². The van der Waals surface area contributed by atoms with E-state index < -0.39 is 17.6 Å². The third-order valence-corrected chi connectivity index (χ3v) is 9.71. The number of carbonyl (C=O) groups is 3. The van der Waals surface area contributed by atoms with E-state index in [1.165, 1.54) is 5.01 Å². The van der Waals surface area contributed by atoms with E-state index >= 15 is 0 Å². The summed E-state index contributed by atoms with van der Waals surface area (Å²) >= 11 is 0. The fourth-order valence-corrected chi connectivity index (χ4v) is 7.16. The molecule has 54 heavy (non-hydrogen) atoms. The third-order valence-electron chi connectivity index (χ3n) is 9.71. The molecule has 0 bridgehead atoms. The summed E-state index contributed by atoms with van der Waals surface area (Å²) < 4.78 is 11.3. The van der Waals surface area contributed by atoms with Gasteiger partial charge in [-0.2, -0.15) is 0 Å². The Kier molecular flexibility index (Phi) is 11.2. The lowest BCUT2D eigenvalue weighted by Crippen LogP contribution is -2.50. The Labute approximate surface area is 315 Å². The number of fused-ring (bicyclic) bond motifs is 3. The minimum absolute atomic E-state index is 0.00488. The molecule has 6 aromatic rings. The van der Waals surface area contributed by atoms with Crippen LogP contribution in [0.3, 0.4) is 0 Å². The first-order valence-corrected chi connectivity index (χ1v) is 18.0. The van der Waals surface area contributed by atoms with E-state index in [1.807, 2.05) is 146 Å². The highest BCUT2D eigenvalue weighted by atomic mass is 16.6. The van der Waals surface area contributed by atoms with Gasteiger partial charge in [-0.15, -0.1) is 0 Å². The van der Waals surface area contributed by atoms with E-state index in [0.717, 1.165) is 44.5 Å². The molecule has 8 nitrogen and oxygen atoms in total. The number of ether oxygens (including phenoxy) is 2. The molecule has 0 unspecified atom stereocenters. The molecule has 6 aromatic carbocycles. The SMILES string of the molecule is O=C(CCN(CC(=O)OCc1ccccc1)NC(=O)OCC1c2ccccc2-c2ccccc21)NC(c1ccccc1)(c1ccccc1)c1ccccc1. The fraction of sp³-hybridized carbons (Fsp3) is 0.152. The molecule has 0 heterocycles. The second kappa shape index (κ2) is 16.9. The molecular formula is C46H41N3O5. The number of rotatable bonds is 14. The van der Waals surface area contributed by atoms with Crippen molar-refractivity contribution < 1.29 is 23.9 Å². The van der Waals surface area contributed by atoms with Gasteiger partial charge in [-0.25, -0.2) is 9.80 Å². The molecule has 0 saturated carbocycles. The van der Waals surface area contributed by atoms with Gasteiger partial charge in [-0.3, -0.25) is 15.0 Å². The molecule has 0 radical (unpaired) electrons. The van der Waals surface area contributed by atoms with Gasteiger partial charge in [0.1, 0.15) is 25.3 Å². The van der Waals surface area contributed by atoms with Crippen molar-refractivity contribution in [2.24, 2.45) is 0 Å². The van der Waals surface area contributed by atoms with Crippen molar-refractivity contribution in [1.29, 1.82) is 0 Å². The van der Waals surface area contributed by atoms with Gasteiger partial charge in [0.25, 0.3) is 0 Å². The van der Waals surface area contributed by atoms with Crippen LogP contribution < -0.4 is 10.7 Å². The number of carbonyl (C=O) groups excluding carboxylic acids is 3. The zero-order valence-electron chi connectivity index (χ0n) is 29.8. The molecule has 0 atom stereocenters. The molecule has 1 aliphatic rings. The summed E-state index contributed by atoms with van der Waals surface area (Å²) in [6.45, 7) is -0.122. The molecule has 0 saturated heterocycles. The van der Waals surface area contributed by atoms with Gasteiger partial charge in [0, 0.05) is 18.9 Å². The molecule has 0 fully saturated rings. The van der Waals surface area contributed by atoms with Crippen LogP contribution in [0.4, 0.5) is 4.79 Å². The molecule has 0 aliphatic heterocycles. The Balaban J connectivity index is 1.08. The van der Waals surface area contributed by atoms with Crippen molar-refractivity contribution >= 4 is 18.0 Å². The lowest BCUT2D eigenvalue weighted by molar-refractivity contribution is -0.147. The standard InChI is InChI=1S/C46H41N3O5/c50-43(47-46(35-19-7-2-8-20-35,36-21-9-3-10-22-36)37-23-11-4-12-24-37)29-30-49(31-44(51)53-32-34-17-5-1-6-18-34)48-45(52)54-33-42-40-27-15-13-25-38(40)39-26-14-16-28-41(39)42/h1-28,42H,29-33H2,(H,47,50)(H,48,52). The molecule has 2 N–H and O–H groups in total. The predicted octanol–water partition coefficient (Wildman–Crippen LogP) is 7.98. The van der Waals surface area contributed by atoms with Crippen LogP contribution in [0.5, 0.6) is 0 Å². The molecule has 8 heteroatoms. The number of hydrogen-bond acceptors (Lipinski definition) is 6. The number of hydrazine groups is 1. The zero-order valence-corrected chi connectivity index (χ0v) is 29.8. The van der Waals surface area contributed by atoms with Crippen LogP contribution in [0.25, 0.3) is 11.1 Å². The number of nitrogens with zero attached hydrogens (tertiary/aromatic N) is 1. The van der Waals surface area contributed by atoms with Gasteiger partial charge < -0.3 is 14.8 Å². The van der Waals surface area contributed by atoms with E-state index in [1.54, 1.807) is 0 Å². The Morgan fingerprint density at radius 2 is 1.04 bits per heavy atom. The average molecular weight is 716 g/mol. The van der Waals surface area contributed by atoms with Crippen molar-refractivity contribution in [3.05, 3.63) is 203 Å². The summed E-state index contributed by atoms with van der Waals surface area (Å²) in [5.41, 5.74) is 9.60. The van der Waals surface area contributed by atoms with Crippen LogP contribution in [0.2, 0.25) is 0 Å². The first kappa shape index (κ1) is 35.9. The highest BCUT2D eigenvalue weighted by Crippen LogP contribution is 2.44. The smallest absolute Gasteiger partial charge is 0.421 e. The largest absolute Gasteiger partial charge is 0.460 e. The van der Waals surface area contributed by atoms with E-state index in [2.05, 4.69) is 35.0 Å². The maximum absolute atomic E-state index is 14.1. The summed E-state index contributed by atoms with van der Waals surface area (Å²) in [7, 11) is 0. The number of benzene rings is 6. The minimum Gasteiger partial charge on any atom is -0.460 e. The van der Waals surface area contributed by atoms with E-state index in [-0.39, 0.29) is 44.5 Å². The van der Waals surface area contributed by atoms with E-state index in [4.69, 9.17) is 9.47 Å². The lowest BCUT2D eigenvalue weighted by atomic mass is 9.77. The van der Waals surface area contributed by atoms with Crippen LogP contribution in [0.1, 0.15) is 45.7 Å². The minimum atomic E-state index is -1.01. The molecule has 1 aliphatic carbocycles. The Hall–Kier alpha value is -6.51. The number of hydrogen-bond donors (Lipinski definition) is 2. The summed E-state index contributed by atoms with van der Waals surface area (Å²) in [6.07, 6.45) is -0.788. The van der Waals surface area contributed by atoms with Crippen LogP contribution >= 0.6 is 0 Å². The fourth-order valence-electron chi connectivity index (χ4n) is 7.16. The van der Waals surface area contributed by atoms with Crippen molar-refractivity contribution in [1.82, 2.24) is 15.8 Å². The highest BCUT2D eigenvalue weighted by Gasteiger charge is 2.38. The summed E-state index contributed by atoms with van der Waals surface area (Å²) in [6, 6.07) is 55.0. The van der Waals surface area contributed by atoms with Crippen LogP contribution in [0, 0.1) is 0 Å². The number of nitrogens with one attached hydrogen (secondary N) is 2. The summed E-state index contributed by atoms with van der Waals surface area (Å²) in [5, 5.41) is 4.72. The highest BCUT2D eigenvalue weighted by molar-refractivity contribution is 5.80. The summed E-state index contributed by atoms with van der Waals surface area (Å²) in [4.78, 5) is 40.6. The van der Waals surface area contributed by atoms with Crippen molar-refractivity contribution in [3.8, 4) is 11.1 Å². The first-order chi connectivity index (χ1) is 26.5. The monoisotopic (exact) mass is 715 g/mol. The Morgan fingerprint density at radius 3 is 1.56 bits per heavy atom. The van der Waals surface area contributed by atoms with Gasteiger partial charge in [0.05, 0.1) is 0 Å². The topological polar surface area (TPSA) is 97.0 Å². The lowest BCUT2D eigenvalue weighted by Gasteiger charge is -2.37. The average Bonchev–Trinajstić information content (AvgIpc) is 3.55. The van der Waals surface area contributed by atoms with Crippen molar-refractivity contribution in [2.45, 2.75) is 24.5 Å². The van der Waals surface area contributed by atoms with Crippen LogP contribution in [-0.4, -0.2) is 42.7 Å². The second-order valence-corrected chi connectivity index (χ2v) is 13.2. The van der Waals surface area contributed by atoms with Gasteiger partial charge >= 0.3 is 12.1 Å². The molecule has 2 amide bonds. The van der Waals surface area contributed by atoms with Crippen LogP contribution in [-0.2, 0) is 31.2 Å². The van der Waals surface area contributed by atoms with Crippen LogP contribution in [0.15, 0.2) is 170 Å². The third kappa shape index (κ3) is 8.09. The quantitative estimate of drug-likeness (QED) is 0.0675. The van der Waals surface area contributed by atoms with Gasteiger partial charge in [-0.1, -0.05) is 170 Å². The number of amides is 2. The normalized spacial score (nSPS) is 12.0. The Bertz CT molecular complexity index is 2040. The second-order valence-electron chi connectivity index (χ2n) is 13.2. The van der Waals surface area contributed by atoms with Gasteiger partial charge in [0.2, 0.25) is 5.91 Å². The molecule has 0 spiro atoms. The maximum Gasteiger partial charge on any atom is 0.421 e. The molecule has 0 aromatic heterocycles. The maximum atomic E-state index is 14.1. The zero-order chi connectivity index (χ0) is 37.2. The first-order valence-electron chi connectivity index (χ1n) is 18.0. The van der Waals surface area contributed by atoms with Gasteiger partial charge in [-0.05, 0) is 44.5 Å². The molecule has 270 valence electrons. The van der Waals surface area contributed by atoms with E-state index in [0.29, 0.717) is 0 Å². The van der Waals surface area contributed by atoms with Crippen molar-refractivity contribution in [3.63, 3.8) is 0 Å². The number of esters is 1.